The van der Waals surface area contributed by atoms with Crippen LogP contribution >= 0.6 is 0 Å². The molecule has 30 heavy (non-hydrogen) atoms. The van der Waals surface area contributed by atoms with Gasteiger partial charge < -0.3 is 19.5 Å². The highest BCUT2D eigenvalue weighted by Crippen LogP contribution is 2.44. The molecule has 2 heterocycles. The second-order valence-corrected chi connectivity index (χ2v) is 6.99. The molecule has 0 aromatic heterocycles. The Morgan fingerprint density at radius 3 is 2.63 bits per heavy atom. The predicted molar refractivity (Wildman–Crippen MR) is 110 cm³/mol. The number of nitrogens with one attached hydrogen (secondary N) is 1. The van der Waals surface area contributed by atoms with E-state index in [1.165, 1.54) is 12.1 Å². The van der Waals surface area contributed by atoms with Gasteiger partial charge in [-0.05, 0) is 48.5 Å². The minimum Gasteiger partial charge on any atom is -0.493 e. The largest absolute Gasteiger partial charge is 0.493 e. The molecule has 0 fully saturated rings. The van der Waals surface area contributed by atoms with Crippen molar-refractivity contribution < 1.29 is 23.4 Å². The number of anilines is 2. The number of rotatable bonds is 3. The first-order valence-electron chi connectivity index (χ1n) is 9.58. The van der Waals surface area contributed by atoms with Crippen molar-refractivity contribution in [2.24, 2.45) is 0 Å². The SMILES string of the molecule is COc1cc([C@H]2Nc3ccccc3C(=O)N2c2ccc(F)cc2)cc2c1OCCO2. The molecule has 0 radical (unpaired) electrons. The maximum absolute atomic E-state index is 13.5. The molecular formula is C23H19FN2O4. The average Bonchev–Trinajstić information content (AvgIpc) is 2.79. The van der Waals surface area contributed by atoms with Crippen LogP contribution in [0.2, 0.25) is 0 Å². The summed E-state index contributed by atoms with van der Waals surface area (Å²) in [5.74, 6) is 1.07. The van der Waals surface area contributed by atoms with E-state index in [1.807, 2.05) is 30.3 Å². The van der Waals surface area contributed by atoms with Gasteiger partial charge in [-0.3, -0.25) is 9.69 Å². The van der Waals surface area contributed by atoms with E-state index in [1.54, 1.807) is 30.2 Å². The Hall–Kier alpha value is -3.74. The lowest BCUT2D eigenvalue weighted by atomic mass is 10.0. The van der Waals surface area contributed by atoms with Crippen LogP contribution in [0.3, 0.4) is 0 Å². The van der Waals surface area contributed by atoms with E-state index >= 15 is 0 Å². The maximum atomic E-state index is 13.5. The van der Waals surface area contributed by atoms with Gasteiger partial charge in [0.05, 0.1) is 12.7 Å². The summed E-state index contributed by atoms with van der Waals surface area (Å²) < 4.78 is 30.5. The van der Waals surface area contributed by atoms with Gasteiger partial charge in [0.25, 0.3) is 5.91 Å². The molecule has 6 nitrogen and oxygen atoms in total. The zero-order valence-corrected chi connectivity index (χ0v) is 16.2. The summed E-state index contributed by atoms with van der Waals surface area (Å²) in [7, 11) is 1.56. The molecule has 1 amide bonds. The van der Waals surface area contributed by atoms with Crippen molar-refractivity contribution >= 4 is 17.3 Å². The molecule has 152 valence electrons. The monoisotopic (exact) mass is 406 g/mol. The molecule has 3 aromatic rings. The van der Waals surface area contributed by atoms with Crippen molar-refractivity contribution in [3.63, 3.8) is 0 Å². The molecule has 0 spiro atoms. The summed E-state index contributed by atoms with van der Waals surface area (Å²) in [5, 5.41) is 3.42. The van der Waals surface area contributed by atoms with Crippen molar-refractivity contribution in [1.29, 1.82) is 0 Å². The second kappa shape index (κ2) is 7.26. The van der Waals surface area contributed by atoms with Crippen molar-refractivity contribution in [2.75, 3.05) is 30.5 Å². The number of carbonyl (C=O) groups excluding carboxylic acids is 1. The minimum atomic E-state index is -0.553. The normalized spacial score (nSPS) is 17.2. The third kappa shape index (κ3) is 2.99. The standard InChI is InChI=1S/C23H19FN2O4/c1-28-19-12-14(13-20-21(19)30-11-10-29-20)22-25-18-5-3-2-4-17(18)23(27)26(22)16-8-6-15(24)7-9-16/h2-9,12-13,22,25H,10-11H2,1H3/t22-/m0/s1. The van der Waals surface area contributed by atoms with Crippen LogP contribution in [-0.4, -0.2) is 26.2 Å². The van der Waals surface area contributed by atoms with Gasteiger partial charge >= 0.3 is 0 Å². The summed E-state index contributed by atoms with van der Waals surface area (Å²) in [6, 6.07) is 16.8. The van der Waals surface area contributed by atoms with Crippen LogP contribution in [0.15, 0.2) is 60.7 Å². The van der Waals surface area contributed by atoms with Gasteiger partial charge in [-0.25, -0.2) is 4.39 Å². The Labute approximate surface area is 172 Å². The Morgan fingerprint density at radius 1 is 1.07 bits per heavy atom. The lowest BCUT2D eigenvalue weighted by Gasteiger charge is -2.38. The fourth-order valence-corrected chi connectivity index (χ4v) is 3.81. The highest BCUT2D eigenvalue weighted by atomic mass is 19.1. The molecule has 0 unspecified atom stereocenters. The van der Waals surface area contributed by atoms with Gasteiger partial charge in [0.15, 0.2) is 11.5 Å². The summed E-state index contributed by atoms with van der Waals surface area (Å²) in [6.45, 7) is 0.874. The zero-order chi connectivity index (χ0) is 20.7. The average molecular weight is 406 g/mol. The van der Waals surface area contributed by atoms with Crippen molar-refractivity contribution in [1.82, 2.24) is 0 Å². The smallest absolute Gasteiger partial charge is 0.262 e. The Balaban J connectivity index is 1.66. The first kappa shape index (κ1) is 18.3. The molecule has 1 N–H and O–H groups in total. The van der Waals surface area contributed by atoms with Crippen molar-refractivity contribution in [3.8, 4) is 17.2 Å². The molecule has 0 saturated heterocycles. The van der Waals surface area contributed by atoms with E-state index in [4.69, 9.17) is 14.2 Å². The molecule has 2 aliphatic heterocycles. The molecule has 0 bridgehead atoms. The fraction of sp³-hybridized carbons (Fsp3) is 0.174. The minimum absolute atomic E-state index is 0.185. The van der Waals surface area contributed by atoms with Gasteiger partial charge in [0, 0.05) is 16.9 Å². The Morgan fingerprint density at radius 2 is 1.83 bits per heavy atom. The molecule has 5 rings (SSSR count). The van der Waals surface area contributed by atoms with E-state index in [0.717, 1.165) is 11.3 Å². The number of halogens is 1. The van der Waals surface area contributed by atoms with Crippen molar-refractivity contribution in [3.05, 3.63) is 77.6 Å². The van der Waals surface area contributed by atoms with Crippen LogP contribution in [0.5, 0.6) is 17.2 Å². The number of amides is 1. The number of methoxy groups -OCH3 is 1. The lowest BCUT2D eigenvalue weighted by Crippen LogP contribution is -2.43. The quantitative estimate of drug-likeness (QED) is 0.700. The topological polar surface area (TPSA) is 60.0 Å². The molecule has 0 aliphatic carbocycles. The number of benzene rings is 3. The van der Waals surface area contributed by atoms with Gasteiger partial charge in [-0.1, -0.05) is 12.1 Å². The third-order valence-corrected chi connectivity index (χ3v) is 5.20. The maximum Gasteiger partial charge on any atom is 0.262 e. The van der Waals surface area contributed by atoms with Gasteiger partial charge in [0.1, 0.15) is 25.2 Å². The van der Waals surface area contributed by atoms with Crippen LogP contribution in [0.4, 0.5) is 15.8 Å². The number of para-hydroxylation sites is 1. The molecule has 2 aliphatic rings. The Bertz CT molecular complexity index is 1100. The highest BCUT2D eigenvalue weighted by molar-refractivity contribution is 6.12. The van der Waals surface area contributed by atoms with E-state index in [0.29, 0.717) is 41.7 Å². The van der Waals surface area contributed by atoms with Gasteiger partial charge in [-0.15, -0.1) is 0 Å². The van der Waals surface area contributed by atoms with E-state index in [-0.39, 0.29) is 11.7 Å². The molecule has 7 heteroatoms. The Kier molecular flexibility index (Phi) is 4.43. The van der Waals surface area contributed by atoms with Gasteiger partial charge in [-0.2, -0.15) is 0 Å². The lowest BCUT2D eigenvalue weighted by molar-refractivity contribution is 0.0974. The number of nitrogens with zero attached hydrogens (tertiary/aromatic N) is 1. The number of hydrogen-bond acceptors (Lipinski definition) is 5. The second-order valence-electron chi connectivity index (χ2n) is 6.99. The van der Waals surface area contributed by atoms with E-state index < -0.39 is 6.17 Å². The van der Waals surface area contributed by atoms with E-state index in [9.17, 15) is 9.18 Å². The number of fused-ring (bicyclic) bond motifs is 2. The fourth-order valence-electron chi connectivity index (χ4n) is 3.81. The number of ether oxygens (including phenoxy) is 3. The first-order chi connectivity index (χ1) is 14.7. The van der Waals surface area contributed by atoms with Crippen LogP contribution in [0.1, 0.15) is 22.1 Å². The van der Waals surface area contributed by atoms with Crippen LogP contribution in [-0.2, 0) is 0 Å². The summed E-state index contributed by atoms with van der Waals surface area (Å²) >= 11 is 0. The van der Waals surface area contributed by atoms with Gasteiger partial charge in [0.2, 0.25) is 5.75 Å². The highest BCUT2D eigenvalue weighted by Gasteiger charge is 2.35. The number of carbonyl (C=O) groups is 1. The first-order valence-corrected chi connectivity index (χ1v) is 9.58. The third-order valence-electron chi connectivity index (χ3n) is 5.20. The molecular weight excluding hydrogens is 387 g/mol. The molecule has 1 atom stereocenters. The van der Waals surface area contributed by atoms with Crippen LogP contribution in [0.25, 0.3) is 0 Å². The summed E-state index contributed by atoms with van der Waals surface area (Å²) in [6.07, 6.45) is -0.553. The van der Waals surface area contributed by atoms with Crippen LogP contribution < -0.4 is 24.4 Å². The molecule has 0 saturated carbocycles. The van der Waals surface area contributed by atoms with Crippen molar-refractivity contribution in [2.45, 2.75) is 6.17 Å². The number of hydrogen-bond donors (Lipinski definition) is 1. The van der Waals surface area contributed by atoms with Crippen LogP contribution in [0, 0.1) is 5.82 Å². The van der Waals surface area contributed by atoms with E-state index in [2.05, 4.69) is 5.32 Å². The summed E-state index contributed by atoms with van der Waals surface area (Å²) in [5.41, 5.74) is 2.59. The summed E-state index contributed by atoms with van der Waals surface area (Å²) in [4.78, 5) is 15.0. The predicted octanol–water partition coefficient (Wildman–Crippen LogP) is 4.38. The zero-order valence-electron chi connectivity index (χ0n) is 16.2. The molecule has 3 aromatic carbocycles.